The predicted octanol–water partition coefficient (Wildman–Crippen LogP) is 10.7. The van der Waals surface area contributed by atoms with Gasteiger partial charge in [0.1, 0.15) is 17.1 Å². The zero-order chi connectivity index (χ0) is 38.0. The molecule has 8 heteroatoms. The van der Waals surface area contributed by atoms with Crippen molar-refractivity contribution < 1.29 is 39.6 Å². The topological polar surface area (TPSA) is 149 Å². The van der Waals surface area contributed by atoms with Crippen molar-refractivity contribution in [2.45, 2.75) is 206 Å². The van der Waals surface area contributed by atoms with Gasteiger partial charge in [0.15, 0.2) is 5.78 Å². The van der Waals surface area contributed by atoms with Crippen molar-refractivity contribution in [2.24, 2.45) is 11.3 Å². The van der Waals surface area contributed by atoms with Crippen molar-refractivity contribution >= 4 is 23.5 Å². The first kappa shape index (κ1) is 48.7. The molecule has 3 atom stereocenters. The fourth-order valence-corrected chi connectivity index (χ4v) is 6.88. The highest BCUT2D eigenvalue weighted by atomic mass is 16.4. The standard InChI is InChI=1S/C43H76O8/c1-3-5-7-9-11-13-15-17-19-21-23-25-27-29-31-33-38(46)40(41(48)49)43(42(50)51,35-37(45)36-44)39(47)34-32-30-28-26-24-22-20-18-16-14-12-10-8-6-4-2/h17-20,37,40,44-45H,3-16,21-36H2,1-2H3,(H,48,49)(H,50,51)/b19-17-,20-18-. The molecule has 8 nitrogen and oxygen atoms in total. The molecule has 0 aliphatic heterocycles. The van der Waals surface area contributed by atoms with Gasteiger partial charge in [0.25, 0.3) is 0 Å². The lowest BCUT2D eigenvalue weighted by atomic mass is 9.65. The molecule has 0 aromatic rings. The van der Waals surface area contributed by atoms with Crippen LogP contribution in [-0.2, 0) is 19.2 Å². The third kappa shape index (κ3) is 23.8. The number of carboxylic acid groups (broad SMARTS) is 2. The maximum absolute atomic E-state index is 13.6. The molecule has 0 heterocycles. The van der Waals surface area contributed by atoms with Gasteiger partial charge in [0.2, 0.25) is 0 Å². The SMILES string of the molecule is CCCCCCCC/C=C\CCCCCCCC(=O)C(C(=O)O)C(CC(O)CO)(C(=O)O)C(=O)CCCCCCC/C=C\CCCCCCCC. The van der Waals surface area contributed by atoms with E-state index in [0.717, 1.165) is 64.2 Å². The highest BCUT2D eigenvalue weighted by Crippen LogP contribution is 2.39. The third-order valence-corrected chi connectivity index (χ3v) is 10.1. The molecule has 296 valence electrons. The number of carbonyl (C=O) groups excluding carboxylic acids is 2. The number of hydrogen-bond donors (Lipinski definition) is 4. The van der Waals surface area contributed by atoms with Crippen LogP contribution in [0.5, 0.6) is 0 Å². The number of carboxylic acids is 2. The summed E-state index contributed by atoms with van der Waals surface area (Å²) < 4.78 is 0. The summed E-state index contributed by atoms with van der Waals surface area (Å²) in [4.78, 5) is 52.0. The Kier molecular flexibility index (Phi) is 32.0. The second-order valence-electron chi connectivity index (χ2n) is 14.6. The van der Waals surface area contributed by atoms with Gasteiger partial charge in [-0.1, -0.05) is 141 Å². The predicted molar refractivity (Wildman–Crippen MR) is 208 cm³/mol. The molecular formula is C43H76O8. The number of Topliss-reactive ketones (excluding diaryl/α,β-unsaturated/α-hetero) is 2. The smallest absolute Gasteiger partial charge is 0.318 e. The van der Waals surface area contributed by atoms with Crippen LogP contribution in [0, 0.1) is 11.3 Å². The highest BCUT2D eigenvalue weighted by molar-refractivity contribution is 6.14. The Morgan fingerprint density at radius 1 is 0.529 bits per heavy atom. The van der Waals surface area contributed by atoms with E-state index in [9.17, 15) is 39.6 Å². The molecule has 0 saturated carbocycles. The van der Waals surface area contributed by atoms with E-state index in [2.05, 4.69) is 38.2 Å². The maximum atomic E-state index is 13.6. The van der Waals surface area contributed by atoms with Crippen LogP contribution in [0.4, 0.5) is 0 Å². The summed E-state index contributed by atoms with van der Waals surface area (Å²) >= 11 is 0. The lowest BCUT2D eigenvalue weighted by Crippen LogP contribution is -2.54. The lowest BCUT2D eigenvalue weighted by Gasteiger charge is -2.34. The summed E-state index contributed by atoms with van der Waals surface area (Å²) in [5.41, 5.74) is -2.63. The number of aliphatic carboxylic acids is 2. The van der Waals surface area contributed by atoms with Crippen molar-refractivity contribution in [3.05, 3.63) is 24.3 Å². The molecule has 0 radical (unpaired) electrons. The molecule has 0 aliphatic carbocycles. The van der Waals surface area contributed by atoms with E-state index < -0.39 is 54.0 Å². The minimum absolute atomic E-state index is 0.153. The van der Waals surface area contributed by atoms with Crippen molar-refractivity contribution in [1.29, 1.82) is 0 Å². The van der Waals surface area contributed by atoms with Crippen LogP contribution in [-0.4, -0.2) is 56.6 Å². The van der Waals surface area contributed by atoms with E-state index in [4.69, 9.17) is 0 Å². The van der Waals surface area contributed by atoms with E-state index in [1.807, 2.05) is 0 Å². The zero-order valence-electron chi connectivity index (χ0n) is 32.6. The van der Waals surface area contributed by atoms with Crippen LogP contribution in [0.1, 0.15) is 200 Å². The number of allylic oxidation sites excluding steroid dienone is 4. The van der Waals surface area contributed by atoms with E-state index in [0.29, 0.717) is 25.7 Å². The molecule has 0 amide bonds. The van der Waals surface area contributed by atoms with Crippen LogP contribution in [0.2, 0.25) is 0 Å². The van der Waals surface area contributed by atoms with E-state index >= 15 is 0 Å². The summed E-state index contributed by atoms with van der Waals surface area (Å²) in [7, 11) is 0. The molecule has 3 unspecified atom stereocenters. The average molecular weight is 721 g/mol. The molecule has 0 bridgehead atoms. The van der Waals surface area contributed by atoms with Gasteiger partial charge in [-0.2, -0.15) is 0 Å². The molecule has 0 fully saturated rings. The Morgan fingerprint density at radius 3 is 1.24 bits per heavy atom. The summed E-state index contributed by atoms with van der Waals surface area (Å²) in [5.74, 6) is -7.23. The van der Waals surface area contributed by atoms with Gasteiger partial charge in [-0.05, 0) is 70.6 Å². The average Bonchev–Trinajstić information content (AvgIpc) is 3.10. The Hall–Kier alpha value is -2.32. The molecule has 0 aliphatic rings. The molecule has 0 aromatic carbocycles. The van der Waals surface area contributed by atoms with Gasteiger partial charge in [-0.3, -0.25) is 19.2 Å². The van der Waals surface area contributed by atoms with Gasteiger partial charge >= 0.3 is 11.9 Å². The van der Waals surface area contributed by atoms with Crippen LogP contribution >= 0.6 is 0 Å². The molecule has 4 N–H and O–H groups in total. The first-order chi connectivity index (χ1) is 24.7. The van der Waals surface area contributed by atoms with E-state index in [1.165, 1.54) is 77.0 Å². The van der Waals surface area contributed by atoms with Crippen molar-refractivity contribution in [3.8, 4) is 0 Å². The minimum Gasteiger partial charge on any atom is -0.481 e. The third-order valence-electron chi connectivity index (χ3n) is 10.1. The van der Waals surface area contributed by atoms with Crippen LogP contribution in [0.15, 0.2) is 24.3 Å². The van der Waals surface area contributed by atoms with Gasteiger partial charge in [0.05, 0.1) is 12.7 Å². The zero-order valence-corrected chi connectivity index (χ0v) is 32.6. The van der Waals surface area contributed by atoms with Gasteiger partial charge in [0, 0.05) is 12.8 Å². The molecular weight excluding hydrogens is 644 g/mol. The Morgan fingerprint density at radius 2 is 0.882 bits per heavy atom. The summed E-state index contributed by atoms with van der Waals surface area (Å²) in [6, 6.07) is 0. The van der Waals surface area contributed by atoms with Crippen molar-refractivity contribution in [1.82, 2.24) is 0 Å². The van der Waals surface area contributed by atoms with Gasteiger partial charge in [-0.15, -0.1) is 0 Å². The first-order valence-electron chi connectivity index (χ1n) is 20.8. The largest absolute Gasteiger partial charge is 0.481 e. The number of ketones is 2. The van der Waals surface area contributed by atoms with Crippen LogP contribution < -0.4 is 0 Å². The number of carbonyl (C=O) groups is 4. The lowest BCUT2D eigenvalue weighted by molar-refractivity contribution is -0.173. The minimum atomic E-state index is -2.63. The fraction of sp³-hybridized carbons (Fsp3) is 0.814. The molecule has 0 rings (SSSR count). The highest BCUT2D eigenvalue weighted by Gasteiger charge is 2.58. The number of unbranched alkanes of at least 4 members (excludes halogenated alkanes) is 22. The normalized spacial score (nSPS) is 14.2. The number of rotatable bonds is 38. The molecule has 0 aromatic heterocycles. The van der Waals surface area contributed by atoms with Crippen LogP contribution in [0.3, 0.4) is 0 Å². The summed E-state index contributed by atoms with van der Waals surface area (Å²) in [6.45, 7) is 3.60. The molecule has 51 heavy (non-hydrogen) atoms. The van der Waals surface area contributed by atoms with Crippen molar-refractivity contribution in [2.75, 3.05) is 6.61 Å². The van der Waals surface area contributed by atoms with Crippen LogP contribution in [0.25, 0.3) is 0 Å². The fourth-order valence-electron chi connectivity index (χ4n) is 6.88. The molecule has 0 saturated heterocycles. The Labute approximate surface area is 311 Å². The second-order valence-corrected chi connectivity index (χ2v) is 14.6. The molecule has 0 spiro atoms. The quantitative estimate of drug-likeness (QED) is 0.0280. The summed E-state index contributed by atoms with van der Waals surface area (Å²) in [6.07, 6.45) is 33.7. The monoisotopic (exact) mass is 721 g/mol. The Balaban J connectivity index is 4.78. The van der Waals surface area contributed by atoms with Gasteiger partial charge < -0.3 is 20.4 Å². The van der Waals surface area contributed by atoms with E-state index in [-0.39, 0.29) is 12.8 Å². The van der Waals surface area contributed by atoms with Gasteiger partial charge in [-0.25, -0.2) is 0 Å². The van der Waals surface area contributed by atoms with Crippen molar-refractivity contribution in [3.63, 3.8) is 0 Å². The maximum Gasteiger partial charge on any atom is 0.318 e. The van der Waals surface area contributed by atoms with E-state index in [1.54, 1.807) is 0 Å². The number of hydrogen-bond acceptors (Lipinski definition) is 6. The number of aliphatic hydroxyl groups excluding tert-OH is 2. The summed E-state index contributed by atoms with van der Waals surface area (Å²) in [5, 5.41) is 40.1. The first-order valence-corrected chi connectivity index (χ1v) is 20.8. The Bertz CT molecular complexity index is 958. The number of aliphatic hydroxyl groups is 2. The second kappa shape index (κ2) is 33.5.